The zero-order chi connectivity index (χ0) is 16.8. The van der Waals surface area contributed by atoms with Gasteiger partial charge >= 0.3 is 0 Å². The third-order valence-electron chi connectivity index (χ3n) is 4.45. The number of ether oxygens (including phenoxy) is 1. The molecule has 0 radical (unpaired) electrons. The highest BCUT2D eigenvalue weighted by atomic mass is 32.1. The Balaban J connectivity index is 1.52. The summed E-state index contributed by atoms with van der Waals surface area (Å²) >= 11 is 5.45. The van der Waals surface area contributed by atoms with Gasteiger partial charge in [-0.15, -0.1) is 0 Å². The first-order valence-electron chi connectivity index (χ1n) is 8.56. The van der Waals surface area contributed by atoms with Gasteiger partial charge in [0.2, 0.25) is 0 Å². The van der Waals surface area contributed by atoms with Crippen molar-refractivity contribution in [2.24, 2.45) is 0 Å². The molecule has 1 aliphatic heterocycles. The van der Waals surface area contributed by atoms with Gasteiger partial charge in [0, 0.05) is 26.2 Å². The van der Waals surface area contributed by atoms with Crippen molar-refractivity contribution in [1.29, 1.82) is 0 Å². The molecule has 4 nitrogen and oxygen atoms in total. The first-order chi connectivity index (χ1) is 11.7. The second-order valence-corrected chi connectivity index (χ2v) is 6.55. The Morgan fingerprint density at radius 3 is 2.75 bits per heavy atom. The van der Waals surface area contributed by atoms with Crippen molar-refractivity contribution in [1.82, 2.24) is 15.5 Å². The van der Waals surface area contributed by atoms with E-state index >= 15 is 0 Å². The van der Waals surface area contributed by atoms with Gasteiger partial charge in [0.1, 0.15) is 0 Å². The predicted octanol–water partition coefficient (Wildman–Crippen LogP) is 2.70. The molecule has 128 valence electrons. The largest absolute Gasteiger partial charge is 0.379 e. The van der Waals surface area contributed by atoms with E-state index in [4.69, 9.17) is 17.0 Å². The van der Waals surface area contributed by atoms with Gasteiger partial charge < -0.3 is 15.4 Å². The fraction of sp³-hybridized carbons (Fsp3) is 0.421. The number of rotatable bonds is 5. The average molecular weight is 343 g/mol. The molecule has 1 fully saturated rings. The third kappa shape index (κ3) is 4.44. The maximum absolute atomic E-state index is 5.45. The molecule has 2 aromatic rings. The molecule has 5 heteroatoms. The van der Waals surface area contributed by atoms with Gasteiger partial charge in [-0.1, -0.05) is 42.5 Å². The summed E-state index contributed by atoms with van der Waals surface area (Å²) in [5, 5.41) is 9.96. The van der Waals surface area contributed by atoms with E-state index in [1.54, 1.807) is 0 Å². The molecule has 1 saturated heterocycles. The lowest BCUT2D eigenvalue weighted by molar-refractivity contribution is 0.0389. The summed E-state index contributed by atoms with van der Waals surface area (Å²) in [5.74, 6) is 0. The SMILES string of the molecule is C[C@@H](NC(=S)NCCN1CCOCC1)c1cccc2ccccc12. The smallest absolute Gasteiger partial charge is 0.166 e. The minimum Gasteiger partial charge on any atom is -0.379 e. The van der Waals surface area contributed by atoms with Gasteiger partial charge in [0.15, 0.2) is 5.11 Å². The topological polar surface area (TPSA) is 36.5 Å². The summed E-state index contributed by atoms with van der Waals surface area (Å²) in [4.78, 5) is 2.40. The van der Waals surface area contributed by atoms with Crippen LogP contribution in [-0.4, -0.2) is 49.4 Å². The molecule has 0 unspecified atom stereocenters. The second kappa shape index (κ2) is 8.42. The molecule has 24 heavy (non-hydrogen) atoms. The number of thiocarbonyl (C=S) groups is 1. The van der Waals surface area contributed by atoms with Crippen LogP contribution < -0.4 is 10.6 Å². The number of hydrogen-bond donors (Lipinski definition) is 2. The molecule has 0 aliphatic carbocycles. The van der Waals surface area contributed by atoms with E-state index < -0.39 is 0 Å². The van der Waals surface area contributed by atoms with Crippen LogP contribution in [0.1, 0.15) is 18.5 Å². The molecule has 0 bridgehead atoms. The van der Waals surface area contributed by atoms with E-state index in [1.165, 1.54) is 16.3 Å². The van der Waals surface area contributed by atoms with E-state index in [0.717, 1.165) is 39.4 Å². The zero-order valence-electron chi connectivity index (χ0n) is 14.1. The Hall–Kier alpha value is -1.69. The first-order valence-corrected chi connectivity index (χ1v) is 8.97. The molecule has 0 saturated carbocycles. The Morgan fingerprint density at radius 1 is 1.17 bits per heavy atom. The van der Waals surface area contributed by atoms with E-state index in [0.29, 0.717) is 5.11 Å². The van der Waals surface area contributed by atoms with Gasteiger partial charge in [0.25, 0.3) is 0 Å². The highest BCUT2D eigenvalue weighted by Gasteiger charge is 2.12. The van der Waals surface area contributed by atoms with E-state index in [9.17, 15) is 0 Å². The molecular formula is C19H25N3OS. The van der Waals surface area contributed by atoms with E-state index in [-0.39, 0.29) is 6.04 Å². The van der Waals surface area contributed by atoms with Gasteiger partial charge in [-0.2, -0.15) is 0 Å². The molecule has 2 N–H and O–H groups in total. The van der Waals surface area contributed by atoms with Crippen LogP contribution in [0, 0.1) is 0 Å². The molecule has 1 atom stereocenters. The molecule has 0 spiro atoms. The van der Waals surface area contributed by atoms with Gasteiger partial charge in [-0.3, -0.25) is 4.90 Å². The third-order valence-corrected chi connectivity index (χ3v) is 4.72. The summed E-state index contributed by atoms with van der Waals surface area (Å²) in [6, 6.07) is 15.0. The van der Waals surface area contributed by atoms with Gasteiger partial charge in [-0.05, 0) is 35.5 Å². The minimum atomic E-state index is 0.166. The van der Waals surface area contributed by atoms with E-state index in [2.05, 4.69) is 64.9 Å². The number of fused-ring (bicyclic) bond motifs is 1. The molecule has 3 rings (SSSR count). The summed E-state index contributed by atoms with van der Waals surface area (Å²) in [6.07, 6.45) is 0. The number of morpholine rings is 1. The fourth-order valence-corrected chi connectivity index (χ4v) is 3.38. The minimum absolute atomic E-state index is 0.166. The fourth-order valence-electron chi connectivity index (χ4n) is 3.11. The van der Waals surface area contributed by atoms with Crippen molar-refractivity contribution >= 4 is 28.1 Å². The lowest BCUT2D eigenvalue weighted by atomic mass is 10.00. The average Bonchev–Trinajstić information content (AvgIpc) is 2.62. The van der Waals surface area contributed by atoms with Crippen LogP contribution >= 0.6 is 12.2 Å². The molecule has 1 aliphatic rings. The Bertz CT molecular complexity index is 680. The van der Waals surface area contributed by atoms with Crippen LogP contribution in [0.2, 0.25) is 0 Å². The summed E-state index contributed by atoms with van der Waals surface area (Å²) in [6.45, 7) is 7.68. The lowest BCUT2D eigenvalue weighted by Crippen LogP contribution is -2.44. The Kier molecular flexibility index (Phi) is 6.01. The predicted molar refractivity (Wildman–Crippen MR) is 103 cm³/mol. The van der Waals surface area contributed by atoms with Crippen molar-refractivity contribution < 1.29 is 4.74 Å². The molecule has 0 aromatic heterocycles. The molecule has 0 amide bonds. The molecular weight excluding hydrogens is 318 g/mol. The maximum atomic E-state index is 5.45. The van der Waals surface area contributed by atoms with Crippen molar-refractivity contribution in [3.05, 3.63) is 48.0 Å². The second-order valence-electron chi connectivity index (χ2n) is 6.14. The molecule has 2 aromatic carbocycles. The van der Waals surface area contributed by atoms with Crippen LogP contribution in [0.3, 0.4) is 0 Å². The summed E-state index contributed by atoms with van der Waals surface area (Å²) in [7, 11) is 0. The van der Waals surface area contributed by atoms with Crippen LogP contribution in [0.25, 0.3) is 10.8 Å². The highest BCUT2D eigenvalue weighted by Crippen LogP contribution is 2.23. The normalized spacial score (nSPS) is 16.7. The Morgan fingerprint density at radius 2 is 1.92 bits per heavy atom. The van der Waals surface area contributed by atoms with Crippen molar-refractivity contribution in [3.8, 4) is 0 Å². The quantitative estimate of drug-likeness (QED) is 0.817. The van der Waals surface area contributed by atoms with Crippen LogP contribution in [0.4, 0.5) is 0 Å². The van der Waals surface area contributed by atoms with Gasteiger partial charge in [-0.25, -0.2) is 0 Å². The number of hydrogen-bond acceptors (Lipinski definition) is 3. The first kappa shape index (κ1) is 17.1. The lowest BCUT2D eigenvalue weighted by Gasteiger charge is -2.27. The highest BCUT2D eigenvalue weighted by molar-refractivity contribution is 7.80. The van der Waals surface area contributed by atoms with Crippen LogP contribution in [0.5, 0.6) is 0 Å². The number of nitrogens with zero attached hydrogens (tertiary/aromatic N) is 1. The zero-order valence-corrected chi connectivity index (χ0v) is 14.9. The maximum Gasteiger partial charge on any atom is 0.166 e. The number of nitrogens with one attached hydrogen (secondary N) is 2. The monoisotopic (exact) mass is 343 g/mol. The number of benzene rings is 2. The van der Waals surface area contributed by atoms with Crippen LogP contribution in [-0.2, 0) is 4.74 Å². The Labute approximate surface area is 149 Å². The van der Waals surface area contributed by atoms with Gasteiger partial charge in [0.05, 0.1) is 19.3 Å². The summed E-state index contributed by atoms with van der Waals surface area (Å²) < 4.78 is 5.36. The summed E-state index contributed by atoms with van der Waals surface area (Å²) in [5.41, 5.74) is 1.27. The van der Waals surface area contributed by atoms with Crippen molar-refractivity contribution in [2.45, 2.75) is 13.0 Å². The standard InChI is InChI=1S/C19H25N3OS/c1-15(17-8-4-6-16-5-2-3-7-18(16)17)21-19(24)20-9-10-22-11-13-23-14-12-22/h2-8,15H,9-14H2,1H3,(H2,20,21,24)/t15-/m1/s1. The van der Waals surface area contributed by atoms with Crippen molar-refractivity contribution in [3.63, 3.8) is 0 Å². The molecule has 1 heterocycles. The van der Waals surface area contributed by atoms with E-state index in [1.807, 2.05) is 0 Å². The van der Waals surface area contributed by atoms with Crippen LogP contribution in [0.15, 0.2) is 42.5 Å². The van der Waals surface area contributed by atoms with Crippen molar-refractivity contribution in [2.75, 3.05) is 39.4 Å².